The average Bonchev–Trinajstić information content (AvgIpc) is 2.10. The second-order valence-electron chi connectivity index (χ2n) is 2.95. The average molecular weight is 381 g/mol. The van der Waals surface area contributed by atoms with Crippen LogP contribution in [0.4, 0.5) is 0 Å². The van der Waals surface area contributed by atoms with E-state index >= 15 is 0 Å². The second kappa shape index (κ2) is 4.68. The van der Waals surface area contributed by atoms with Gasteiger partial charge in [-0.15, -0.1) is 0 Å². The molecule has 0 N–H and O–H groups in total. The van der Waals surface area contributed by atoms with Crippen LogP contribution in [-0.4, -0.2) is 24.6 Å². The van der Waals surface area contributed by atoms with E-state index in [1.54, 1.807) is 0 Å². The number of hydrogen-bond acceptors (Lipinski definition) is 4. The molecule has 0 aliphatic rings. The smallest absolute Gasteiger partial charge is 0.157 e. The quantitative estimate of drug-likeness (QED) is 0.584. The number of halogens is 3. The fourth-order valence-corrected chi connectivity index (χ4v) is 1.91. The van der Waals surface area contributed by atoms with Gasteiger partial charge >= 0.3 is 0 Å². The molecular weight excluding hydrogens is 374 g/mol. The van der Waals surface area contributed by atoms with E-state index in [1.165, 1.54) is 6.92 Å². The van der Waals surface area contributed by atoms with Crippen molar-refractivity contribution in [1.29, 1.82) is 0 Å². The molecule has 1 unspecified atom stereocenters. The summed E-state index contributed by atoms with van der Waals surface area (Å²) < 4.78 is 23.1. The first kappa shape index (κ1) is 13.4. The van der Waals surface area contributed by atoms with Gasteiger partial charge in [-0.3, -0.25) is 0 Å². The molecule has 1 aromatic heterocycles. The lowest BCUT2D eigenvalue weighted by molar-refractivity contribution is 0.589. The Morgan fingerprint density at radius 1 is 1.27 bits per heavy atom. The van der Waals surface area contributed by atoms with Gasteiger partial charge in [0.25, 0.3) is 0 Å². The van der Waals surface area contributed by atoms with Crippen LogP contribution in [0.1, 0.15) is 18.0 Å². The van der Waals surface area contributed by atoms with E-state index in [0.29, 0.717) is 3.57 Å². The third-order valence-corrected chi connectivity index (χ3v) is 5.50. The molecule has 0 bridgehead atoms. The summed E-state index contributed by atoms with van der Waals surface area (Å²) >= 11 is 13.4. The van der Waals surface area contributed by atoms with E-state index < -0.39 is 15.1 Å². The van der Waals surface area contributed by atoms with E-state index in [9.17, 15) is 8.42 Å². The van der Waals surface area contributed by atoms with Crippen LogP contribution in [0.15, 0.2) is 0 Å². The summed E-state index contributed by atoms with van der Waals surface area (Å²) in [7, 11) is -3.25. The van der Waals surface area contributed by atoms with Crippen LogP contribution in [0.5, 0.6) is 0 Å². The Hall–Kier alpha value is 0.340. The molecule has 15 heavy (non-hydrogen) atoms. The van der Waals surface area contributed by atoms with Gasteiger partial charge in [-0.1, -0.05) is 23.2 Å². The summed E-state index contributed by atoms with van der Waals surface area (Å²) in [4.78, 5) is 7.77. The molecule has 0 radical (unpaired) electrons. The number of sulfone groups is 1. The zero-order valence-electron chi connectivity index (χ0n) is 7.83. The Kier molecular flexibility index (Phi) is 4.19. The molecule has 1 heterocycles. The number of hydrogen-bond donors (Lipinski definition) is 0. The van der Waals surface area contributed by atoms with Crippen molar-refractivity contribution in [1.82, 2.24) is 9.97 Å². The highest BCUT2D eigenvalue weighted by atomic mass is 127. The van der Waals surface area contributed by atoms with Crippen molar-refractivity contribution in [2.45, 2.75) is 12.2 Å². The van der Waals surface area contributed by atoms with Gasteiger partial charge < -0.3 is 0 Å². The van der Waals surface area contributed by atoms with E-state index in [4.69, 9.17) is 23.2 Å². The Morgan fingerprint density at radius 2 is 1.67 bits per heavy atom. The minimum absolute atomic E-state index is 0.118. The molecule has 0 aromatic carbocycles. The zero-order chi connectivity index (χ0) is 11.8. The van der Waals surface area contributed by atoms with Gasteiger partial charge in [-0.25, -0.2) is 18.4 Å². The zero-order valence-corrected chi connectivity index (χ0v) is 12.3. The van der Waals surface area contributed by atoms with Crippen molar-refractivity contribution in [3.05, 3.63) is 19.7 Å². The Balaban J connectivity index is 3.29. The van der Waals surface area contributed by atoms with Crippen LogP contribution < -0.4 is 0 Å². The fourth-order valence-electron chi connectivity index (χ4n) is 0.783. The van der Waals surface area contributed by atoms with Crippen LogP contribution in [0.3, 0.4) is 0 Å². The minimum atomic E-state index is -3.25. The molecule has 1 aromatic rings. The molecule has 0 spiro atoms. The van der Waals surface area contributed by atoms with E-state index in [2.05, 4.69) is 9.97 Å². The first-order valence-corrected chi connectivity index (χ1v) is 7.59. The number of nitrogens with zero attached hydrogens (tertiary/aromatic N) is 2. The molecule has 8 heteroatoms. The summed E-state index contributed by atoms with van der Waals surface area (Å²) in [6.45, 7) is 1.49. The molecule has 4 nitrogen and oxygen atoms in total. The van der Waals surface area contributed by atoms with Crippen LogP contribution >= 0.6 is 45.8 Å². The highest BCUT2D eigenvalue weighted by Crippen LogP contribution is 2.26. The number of rotatable bonds is 2. The predicted octanol–water partition coefficient (Wildman–Crippen LogP) is 2.49. The molecule has 0 aliphatic carbocycles. The van der Waals surface area contributed by atoms with Crippen LogP contribution in [-0.2, 0) is 9.84 Å². The third kappa shape index (κ3) is 3.15. The maximum atomic E-state index is 11.3. The molecule has 0 fully saturated rings. The van der Waals surface area contributed by atoms with Crippen molar-refractivity contribution in [3.63, 3.8) is 0 Å². The minimum Gasteiger partial charge on any atom is -0.228 e. The highest BCUT2D eigenvalue weighted by Gasteiger charge is 2.22. The van der Waals surface area contributed by atoms with Gasteiger partial charge in [0.1, 0.15) is 21.4 Å². The normalized spacial score (nSPS) is 13.9. The first-order chi connectivity index (χ1) is 6.73. The summed E-state index contributed by atoms with van der Waals surface area (Å²) in [6.07, 6.45) is 1.11. The van der Waals surface area contributed by atoms with Gasteiger partial charge in [-0.2, -0.15) is 0 Å². The summed E-state index contributed by atoms with van der Waals surface area (Å²) in [5, 5.41) is -0.480. The highest BCUT2D eigenvalue weighted by molar-refractivity contribution is 14.1. The van der Waals surface area contributed by atoms with E-state index in [1.807, 2.05) is 22.6 Å². The van der Waals surface area contributed by atoms with Crippen molar-refractivity contribution in [2.75, 3.05) is 6.26 Å². The number of aromatic nitrogens is 2. The van der Waals surface area contributed by atoms with Gasteiger partial charge in [-0.05, 0) is 29.5 Å². The van der Waals surface area contributed by atoms with Gasteiger partial charge in [0.05, 0.1) is 3.57 Å². The van der Waals surface area contributed by atoms with Crippen LogP contribution in [0.25, 0.3) is 0 Å². The van der Waals surface area contributed by atoms with Crippen LogP contribution in [0.2, 0.25) is 10.3 Å². The van der Waals surface area contributed by atoms with Gasteiger partial charge in [0.15, 0.2) is 9.84 Å². The lowest BCUT2D eigenvalue weighted by atomic mass is 10.4. The summed E-state index contributed by atoms with van der Waals surface area (Å²) in [5.74, 6) is 0.118. The van der Waals surface area contributed by atoms with E-state index in [0.717, 1.165) is 6.26 Å². The summed E-state index contributed by atoms with van der Waals surface area (Å²) in [5.41, 5.74) is 0. The lowest BCUT2D eigenvalue weighted by Crippen LogP contribution is -2.12. The van der Waals surface area contributed by atoms with Crippen molar-refractivity contribution < 1.29 is 8.42 Å². The monoisotopic (exact) mass is 380 g/mol. The van der Waals surface area contributed by atoms with Gasteiger partial charge in [0.2, 0.25) is 0 Å². The molecule has 0 saturated heterocycles. The van der Waals surface area contributed by atoms with E-state index in [-0.39, 0.29) is 16.1 Å². The lowest BCUT2D eigenvalue weighted by Gasteiger charge is -2.09. The Bertz CT molecular complexity index is 469. The molecule has 1 atom stereocenters. The SMILES string of the molecule is CC(c1nc(Cl)c(I)c(Cl)n1)S(C)(=O)=O. The van der Waals surface area contributed by atoms with Crippen LogP contribution in [0, 0.1) is 3.57 Å². The Labute approximate surface area is 111 Å². The maximum Gasteiger partial charge on any atom is 0.157 e. The molecular formula is C7H7Cl2IN2O2S. The van der Waals surface area contributed by atoms with Crippen molar-refractivity contribution >= 4 is 55.6 Å². The molecule has 0 aliphatic heterocycles. The molecule has 1 rings (SSSR count). The molecule has 0 saturated carbocycles. The first-order valence-electron chi connectivity index (χ1n) is 3.80. The standard InChI is InChI=1S/C7H7Cl2IN2O2S/c1-3(15(2,13)14)7-11-5(8)4(10)6(9)12-7/h3H,1-2H3. The largest absolute Gasteiger partial charge is 0.228 e. The topological polar surface area (TPSA) is 59.9 Å². The second-order valence-corrected chi connectivity index (χ2v) is 7.11. The van der Waals surface area contributed by atoms with Gasteiger partial charge in [0, 0.05) is 6.26 Å². The van der Waals surface area contributed by atoms with Crippen molar-refractivity contribution in [2.24, 2.45) is 0 Å². The fraction of sp³-hybridized carbons (Fsp3) is 0.429. The molecule has 84 valence electrons. The summed E-state index contributed by atoms with van der Waals surface area (Å²) in [6, 6.07) is 0. The maximum absolute atomic E-state index is 11.3. The molecule has 0 amide bonds. The van der Waals surface area contributed by atoms with Crippen molar-refractivity contribution in [3.8, 4) is 0 Å². The predicted molar refractivity (Wildman–Crippen MR) is 68.0 cm³/mol. The Morgan fingerprint density at radius 3 is 2.00 bits per heavy atom. The third-order valence-electron chi connectivity index (χ3n) is 1.79.